The van der Waals surface area contributed by atoms with Gasteiger partial charge < -0.3 is 33.5 Å². The van der Waals surface area contributed by atoms with E-state index >= 15 is 0 Å². The van der Waals surface area contributed by atoms with Crippen LogP contribution in [0.2, 0.25) is 10.3 Å². The molecule has 2 aromatic carbocycles. The van der Waals surface area contributed by atoms with Gasteiger partial charge in [-0.3, -0.25) is 4.79 Å². The van der Waals surface area contributed by atoms with Gasteiger partial charge in [-0.15, -0.1) is 0 Å². The first-order chi connectivity index (χ1) is 19.2. The third-order valence-electron chi connectivity index (χ3n) is 7.32. The van der Waals surface area contributed by atoms with E-state index in [1.54, 1.807) is 24.3 Å². The number of phenolic OH excluding ortho intramolecular Hbond substituents is 1. The summed E-state index contributed by atoms with van der Waals surface area (Å²) in [6.07, 6.45) is -1.01. The smallest absolute Gasteiger partial charge is 0.342 e. The van der Waals surface area contributed by atoms with E-state index in [0.717, 1.165) is 6.07 Å². The van der Waals surface area contributed by atoms with Crippen molar-refractivity contribution in [1.29, 1.82) is 0 Å². The van der Waals surface area contributed by atoms with E-state index in [1.165, 1.54) is 14.2 Å². The molecule has 3 aromatic rings. The lowest BCUT2D eigenvalue weighted by molar-refractivity contribution is -0.141. The number of aromatic nitrogens is 1. The average molecular weight is 592 g/mol. The minimum atomic E-state index is -1.01. The van der Waals surface area contributed by atoms with Crippen LogP contribution >= 0.6 is 23.2 Å². The molecule has 3 heterocycles. The van der Waals surface area contributed by atoms with Crippen molar-refractivity contribution in [1.82, 2.24) is 4.98 Å². The summed E-state index contributed by atoms with van der Waals surface area (Å²) >= 11 is 11.8. The topological polar surface area (TPSA) is 123 Å². The molecule has 2 aliphatic heterocycles. The number of hydrogen-bond acceptors (Lipinski definition) is 10. The molecule has 0 bridgehead atoms. The predicted molar refractivity (Wildman–Crippen MR) is 136 cm³/mol. The van der Waals surface area contributed by atoms with Crippen molar-refractivity contribution < 1.29 is 47.5 Å². The van der Waals surface area contributed by atoms with Crippen molar-refractivity contribution >= 4 is 35.1 Å². The van der Waals surface area contributed by atoms with Crippen LogP contribution in [-0.4, -0.2) is 49.6 Å². The second kappa shape index (κ2) is 9.90. The van der Waals surface area contributed by atoms with Crippen LogP contribution in [0.4, 0.5) is 4.39 Å². The zero-order valence-corrected chi connectivity index (χ0v) is 22.4. The van der Waals surface area contributed by atoms with Gasteiger partial charge in [-0.25, -0.2) is 14.2 Å². The predicted octanol–water partition coefficient (Wildman–Crippen LogP) is 4.81. The summed E-state index contributed by atoms with van der Waals surface area (Å²) in [7, 11) is 2.79. The maximum absolute atomic E-state index is 14.2. The molecule has 208 valence electrons. The summed E-state index contributed by atoms with van der Waals surface area (Å²) < 4.78 is 47.4. The SMILES string of the molecule is COc1cc([C@@H]2c3cc4c(cc3[C@@H](OC(=O)c3cc(F)c(Cl)nc3Cl)[C@H]3COC(=O)[C@H]23)OCO4)cc(OC)c1O. The highest BCUT2D eigenvalue weighted by Crippen LogP contribution is 2.56. The Balaban J connectivity index is 1.51. The fourth-order valence-electron chi connectivity index (χ4n) is 5.52. The molecule has 0 amide bonds. The van der Waals surface area contributed by atoms with E-state index < -0.39 is 46.8 Å². The summed E-state index contributed by atoms with van der Waals surface area (Å²) in [6, 6.07) is 7.45. The van der Waals surface area contributed by atoms with Gasteiger partial charge in [0.1, 0.15) is 11.3 Å². The first-order valence-corrected chi connectivity index (χ1v) is 12.7. The van der Waals surface area contributed by atoms with E-state index in [4.69, 9.17) is 51.6 Å². The summed E-state index contributed by atoms with van der Waals surface area (Å²) in [6.45, 7) is -0.0758. The van der Waals surface area contributed by atoms with Crippen molar-refractivity contribution in [2.45, 2.75) is 12.0 Å². The van der Waals surface area contributed by atoms with Gasteiger partial charge in [-0.05, 0) is 41.5 Å². The standard InChI is InChI=1S/C27H20Cl2FNO9/c1-35-18-3-10(4-19(36-2)22(18)32)20-11-6-16-17(39-9-38-16)7-12(11)23(14-8-37-27(34)21(14)20)40-26(33)13-5-15(30)25(29)31-24(13)28/h3-7,14,20-21,23,32H,8-9H2,1-2H3/t14-,20+,21-,23+/m0/s1. The Bertz CT molecular complexity index is 1540. The molecule has 6 rings (SSSR count). The highest BCUT2D eigenvalue weighted by molar-refractivity contribution is 6.34. The highest BCUT2D eigenvalue weighted by atomic mass is 35.5. The van der Waals surface area contributed by atoms with Crippen LogP contribution < -0.4 is 18.9 Å². The molecule has 1 aromatic heterocycles. The number of hydrogen-bond donors (Lipinski definition) is 1. The first kappa shape index (κ1) is 26.3. The molecule has 0 radical (unpaired) electrons. The number of esters is 2. The van der Waals surface area contributed by atoms with Crippen LogP contribution in [0.25, 0.3) is 0 Å². The molecule has 0 saturated carbocycles. The van der Waals surface area contributed by atoms with E-state index in [2.05, 4.69) is 4.98 Å². The van der Waals surface area contributed by atoms with Crippen LogP contribution in [0.15, 0.2) is 30.3 Å². The number of nitrogens with zero attached hydrogens (tertiary/aromatic N) is 1. The largest absolute Gasteiger partial charge is 0.502 e. The molecule has 10 nitrogen and oxygen atoms in total. The first-order valence-electron chi connectivity index (χ1n) is 12.0. The second-order valence-electron chi connectivity index (χ2n) is 9.33. The molecule has 0 spiro atoms. The third kappa shape index (κ3) is 4.11. The van der Waals surface area contributed by atoms with Crippen molar-refractivity contribution in [2.75, 3.05) is 27.6 Å². The maximum atomic E-state index is 14.2. The minimum absolute atomic E-state index is 0.0194. The van der Waals surface area contributed by atoms with Crippen molar-refractivity contribution in [3.63, 3.8) is 0 Å². The number of rotatable bonds is 5. The second-order valence-corrected chi connectivity index (χ2v) is 10.0. The molecule has 13 heteroatoms. The molecular weight excluding hydrogens is 572 g/mol. The van der Waals surface area contributed by atoms with Gasteiger partial charge in [0.25, 0.3) is 0 Å². The van der Waals surface area contributed by atoms with Crippen LogP contribution in [0, 0.1) is 17.7 Å². The molecule has 1 saturated heterocycles. The number of halogens is 3. The Kier molecular flexibility index (Phi) is 6.50. The van der Waals surface area contributed by atoms with Gasteiger partial charge in [0.2, 0.25) is 12.5 Å². The van der Waals surface area contributed by atoms with Crippen molar-refractivity contribution in [3.8, 4) is 28.7 Å². The lowest BCUT2D eigenvalue weighted by Gasteiger charge is -2.38. The van der Waals surface area contributed by atoms with E-state index in [1.807, 2.05) is 0 Å². The molecule has 40 heavy (non-hydrogen) atoms. The number of methoxy groups -OCH3 is 2. The van der Waals surface area contributed by atoms with Gasteiger partial charge in [0.15, 0.2) is 34.0 Å². The summed E-state index contributed by atoms with van der Waals surface area (Å²) in [5, 5.41) is 9.67. The lowest BCUT2D eigenvalue weighted by atomic mass is 9.66. The van der Waals surface area contributed by atoms with E-state index in [0.29, 0.717) is 28.2 Å². The minimum Gasteiger partial charge on any atom is -0.502 e. The number of benzene rings is 2. The summed E-state index contributed by atoms with van der Waals surface area (Å²) in [5.41, 5.74) is 1.36. The molecule has 1 aliphatic carbocycles. The molecule has 1 N–H and O–H groups in total. The zero-order chi connectivity index (χ0) is 28.3. The zero-order valence-electron chi connectivity index (χ0n) is 20.9. The number of pyridine rings is 1. The molecule has 0 unspecified atom stereocenters. The van der Waals surface area contributed by atoms with Gasteiger partial charge in [-0.1, -0.05) is 23.2 Å². The maximum Gasteiger partial charge on any atom is 0.342 e. The lowest BCUT2D eigenvalue weighted by Crippen LogP contribution is -2.36. The van der Waals surface area contributed by atoms with Crippen LogP contribution in [0.5, 0.6) is 28.7 Å². The fourth-order valence-corrected chi connectivity index (χ4v) is 5.92. The van der Waals surface area contributed by atoms with Gasteiger partial charge in [0, 0.05) is 17.4 Å². The average Bonchev–Trinajstić information content (AvgIpc) is 3.56. The quantitative estimate of drug-likeness (QED) is 0.326. The van der Waals surface area contributed by atoms with Crippen molar-refractivity contribution in [3.05, 3.63) is 68.7 Å². The van der Waals surface area contributed by atoms with E-state index in [-0.39, 0.29) is 41.4 Å². The fraction of sp³-hybridized carbons (Fsp3) is 0.296. The third-order valence-corrected chi connectivity index (χ3v) is 7.87. The number of carbonyl (C=O) groups excluding carboxylic acids is 2. The van der Waals surface area contributed by atoms with Gasteiger partial charge in [0.05, 0.1) is 32.3 Å². The Morgan fingerprint density at radius 3 is 2.30 bits per heavy atom. The number of cyclic esters (lactones) is 1. The number of phenols is 1. The number of ether oxygens (including phenoxy) is 6. The van der Waals surface area contributed by atoms with Crippen LogP contribution in [0.1, 0.15) is 39.1 Å². The summed E-state index contributed by atoms with van der Waals surface area (Å²) in [4.78, 5) is 30.1. The van der Waals surface area contributed by atoms with Crippen LogP contribution in [0.3, 0.4) is 0 Å². The highest BCUT2D eigenvalue weighted by Gasteiger charge is 2.54. The molecule has 4 atom stereocenters. The Morgan fingerprint density at radius 1 is 1.00 bits per heavy atom. The molecule has 3 aliphatic rings. The molecule has 1 fully saturated rings. The summed E-state index contributed by atoms with van der Waals surface area (Å²) in [5.74, 6) is -3.60. The monoisotopic (exact) mass is 591 g/mol. The normalized spacial score (nSPS) is 22.3. The Hall–Kier alpha value is -3.96. The van der Waals surface area contributed by atoms with Gasteiger partial charge >= 0.3 is 11.9 Å². The van der Waals surface area contributed by atoms with Gasteiger partial charge in [-0.2, -0.15) is 0 Å². The van der Waals surface area contributed by atoms with Crippen LogP contribution in [-0.2, 0) is 14.3 Å². The number of aromatic hydroxyl groups is 1. The Morgan fingerprint density at radius 2 is 1.65 bits per heavy atom. The van der Waals surface area contributed by atoms with E-state index in [9.17, 15) is 19.1 Å². The van der Waals surface area contributed by atoms with Crippen molar-refractivity contribution in [2.24, 2.45) is 11.8 Å². The molecular formula is C27H20Cl2FNO9. The number of carbonyl (C=O) groups is 2. The Labute approximate surface area is 236 Å². The number of fused-ring (bicyclic) bond motifs is 3.